The summed E-state index contributed by atoms with van der Waals surface area (Å²) < 4.78 is 15.5. The van der Waals surface area contributed by atoms with E-state index in [4.69, 9.17) is 19.9 Å². The van der Waals surface area contributed by atoms with Gasteiger partial charge in [-0.1, -0.05) is 75.3 Å². The molecule has 0 spiro atoms. The molecule has 1 rings (SSSR count). The van der Waals surface area contributed by atoms with Gasteiger partial charge >= 0.3 is 12.1 Å². The zero-order valence-corrected chi connectivity index (χ0v) is 26.1. The predicted molar refractivity (Wildman–Crippen MR) is 163 cm³/mol. The van der Waals surface area contributed by atoms with Gasteiger partial charge in [0.1, 0.15) is 18.2 Å². The number of methoxy groups -OCH3 is 1. The molecular formula is C32H47N3O7. The lowest BCUT2D eigenvalue weighted by atomic mass is 9.86. The van der Waals surface area contributed by atoms with Crippen molar-refractivity contribution in [2.24, 2.45) is 17.1 Å². The third kappa shape index (κ3) is 14.0. The van der Waals surface area contributed by atoms with Crippen molar-refractivity contribution in [3.8, 4) is 0 Å². The van der Waals surface area contributed by atoms with E-state index in [1.807, 2.05) is 66.7 Å². The molecular weight excluding hydrogens is 538 g/mol. The maximum atomic E-state index is 12.9. The van der Waals surface area contributed by atoms with Crippen LogP contribution < -0.4 is 16.4 Å². The number of nitrogens with two attached hydrogens (primary N) is 1. The molecule has 0 radical (unpaired) electrons. The van der Waals surface area contributed by atoms with Crippen molar-refractivity contribution < 1.29 is 33.4 Å². The molecule has 4 N–H and O–H groups in total. The summed E-state index contributed by atoms with van der Waals surface area (Å²) in [5, 5.41) is 5.46. The van der Waals surface area contributed by atoms with Gasteiger partial charge in [0.05, 0.1) is 7.11 Å². The van der Waals surface area contributed by atoms with Crippen molar-refractivity contribution in [1.29, 1.82) is 0 Å². The zero-order chi connectivity index (χ0) is 31.9. The first-order valence-corrected chi connectivity index (χ1v) is 14.0. The number of allylic oxidation sites excluding steroid dienone is 5. The fourth-order valence-corrected chi connectivity index (χ4v) is 4.00. The molecule has 10 nitrogen and oxygen atoms in total. The minimum Gasteiger partial charge on any atom is -0.490 e. The van der Waals surface area contributed by atoms with Gasteiger partial charge in [0.2, 0.25) is 11.8 Å². The number of hydrogen-bond donors (Lipinski definition) is 3. The highest BCUT2D eigenvalue weighted by atomic mass is 16.6. The molecule has 0 bridgehead atoms. The van der Waals surface area contributed by atoms with Gasteiger partial charge in [-0.15, -0.1) is 0 Å². The minimum absolute atomic E-state index is 0.0143. The van der Waals surface area contributed by atoms with Crippen LogP contribution >= 0.6 is 0 Å². The average Bonchev–Trinajstić information content (AvgIpc) is 2.89. The summed E-state index contributed by atoms with van der Waals surface area (Å²) in [5.74, 6) is -1.05. The van der Waals surface area contributed by atoms with Crippen molar-refractivity contribution in [2.45, 2.75) is 86.0 Å². The number of cyclic esters (lactones) is 1. The standard InChI is InChI=1S/C32H47N3O7/c1-21(2)15-16-24(41-31(33)39)13-11-19-34-29(37)28(32(5,6)7)35-27(36)14-10-9-12-22(3)20-23(4)25-17-18-26(40-8)30(38)42-25/h9-12,14-15,18-20,23-25,28H,13,16-17H2,1-8H3,(H2,33,39)(H,34,37)(H,35,36)/b12-9-,14-10-,19-11-,22-20+/t23-,24+,25-,28+/m0/s1. The fourth-order valence-electron chi connectivity index (χ4n) is 4.00. The molecule has 0 aromatic heterocycles. The van der Waals surface area contributed by atoms with Crippen LogP contribution in [-0.4, -0.2) is 49.2 Å². The van der Waals surface area contributed by atoms with Crippen molar-refractivity contribution >= 4 is 23.9 Å². The Bertz CT molecular complexity index is 1140. The molecule has 1 aliphatic heterocycles. The van der Waals surface area contributed by atoms with E-state index in [2.05, 4.69) is 10.6 Å². The molecule has 1 heterocycles. The lowest BCUT2D eigenvalue weighted by Gasteiger charge is -2.29. The summed E-state index contributed by atoms with van der Waals surface area (Å²) in [5.41, 5.74) is 6.62. The average molecular weight is 586 g/mol. The molecule has 3 amide bonds. The molecule has 0 saturated carbocycles. The highest BCUT2D eigenvalue weighted by Gasteiger charge is 2.32. The second kappa shape index (κ2) is 17.7. The van der Waals surface area contributed by atoms with E-state index >= 15 is 0 Å². The molecule has 1 aliphatic rings. The number of rotatable bonds is 14. The maximum absolute atomic E-state index is 12.9. The third-order valence-corrected chi connectivity index (χ3v) is 6.27. The maximum Gasteiger partial charge on any atom is 0.404 e. The molecule has 42 heavy (non-hydrogen) atoms. The lowest BCUT2D eigenvalue weighted by Crippen LogP contribution is -2.52. The first-order valence-electron chi connectivity index (χ1n) is 14.0. The fraction of sp³-hybridized carbons (Fsp3) is 0.500. The van der Waals surface area contributed by atoms with Crippen LogP contribution in [0.4, 0.5) is 4.79 Å². The highest BCUT2D eigenvalue weighted by molar-refractivity contribution is 5.93. The van der Waals surface area contributed by atoms with Crippen LogP contribution in [0.15, 0.2) is 71.7 Å². The van der Waals surface area contributed by atoms with Gasteiger partial charge in [-0.05, 0) is 38.5 Å². The van der Waals surface area contributed by atoms with Crippen LogP contribution in [0, 0.1) is 11.3 Å². The second-order valence-electron chi connectivity index (χ2n) is 11.5. The number of primary amides is 1. The number of esters is 1. The Labute approximate surface area is 249 Å². The summed E-state index contributed by atoms with van der Waals surface area (Å²) in [6, 6.07) is -0.806. The number of amides is 3. The molecule has 10 heteroatoms. The van der Waals surface area contributed by atoms with Gasteiger partial charge < -0.3 is 30.6 Å². The smallest absolute Gasteiger partial charge is 0.404 e. The van der Waals surface area contributed by atoms with Crippen LogP contribution in [0.1, 0.15) is 67.7 Å². The number of hydrogen-bond acceptors (Lipinski definition) is 7. The van der Waals surface area contributed by atoms with E-state index in [9.17, 15) is 19.2 Å². The van der Waals surface area contributed by atoms with Gasteiger partial charge in [0.15, 0.2) is 5.76 Å². The zero-order valence-electron chi connectivity index (χ0n) is 26.1. The SMILES string of the molecule is COC1=CC[C@@H]([C@@H](C)/C=C(C)/C=C\C=C/C(=O)N[C@H](C(=O)N/C=C\C[C@H](CC=C(C)C)OC(N)=O)C(C)(C)C)OC1=O. The summed E-state index contributed by atoms with van der Waals surface area (Å²) in [7, 11) is 1.44. The van der Waals surface area contributed by atoms with E-state index in [-0.39, 0.29) is 23.7 Å². The van der Waals surface area contributed by atoms with Gasteiger partial charge in [-0.3, -0.25) is 9.59 Å². The monoisotopic (exact) mass is 585 g/mol. The number of carbonyl (C=O) groups excluding carboxylic acids is 4. The van der Waals surface area contributed by atoms with Crippen LogP contribution in [0.5, 0.6) is 0 Å². The normalized spacial score (nSPS) is 18.2. The number of ether oxygens (including phenoxy) is 3. The molecule has 0 fully saturated rings. The van der Waals surface area contributed by atoms with Crippen LogP contribution in [0.3, 0.4) is 0 Å². The van der Waals surface area contributed by atoms with Crippen molar-refractivity contribution in [1.82, 2.24) is 10.6 Å². The van der Waals surface area contributed by atoms with Crippen LogP contribution in [0.25, 0.3) is 0 Å². The lowest BCUT2D eigenvalue weighted by molar-refractivity contribution is -0.151. The molecule has 232 valence electrons. The Morgan fingerprint density at radius 3 is 2.38 bits per heavy atom. The quantitative estimate of drug-likeness (QED) is 0.114. The Morgan fingerprint density at radius 2 is 1.81 bits per heavy atom. The molecule has 0 aliphatic carbocycles. The second-order valence-corrected chi connectivity index (χ2v) is 11.5. The Kier molecular flexibility index (Phi) is 15.1. The minimum atomic E-state index is -0.857. The first kappa shape index (κ1) is 35.9. The molecule has 0 saturated heterocycles. The topological polar surface area (TPSA) is 146 Å². The van der Waals surface area contributed by atoms with E-state index in [1.165, 1.54) is 19.4 Å². The van der Waals surface area contributed by atoms with Gasteiger partial charge in [0, 0.05) is 31.3 Å². The van der Waals surface area contributed by atoms with E-state index in [0.29, 0.717) is 19.3 Å². The van der Waals surface area contributed by atoms with E-state index in [0.717, 1.165) is 11.1 Å². The molecule has 4 atom stereocenters. The van der Waals surface area contributed by atoms with E-state index < -0.39 is 35.5 Å². The summed E-state index contributed by atoms with van der Waals surface area (Å²) in [6.07, 6.45) is 15.2. The Balaban J connectivity index is 2.70. The first-order chi connectivity index (χ1) is 19.6. The summed E-state index contributed by atoms with van der Waals surface area (Å²) in [6.45, 7) is 13.3. The highest BCUT2D eigenvalue weighted by Crippen LogP contribution is 2.23. The van der Waals surface area contributed by atoms with Crippen molar-refractivity contribution in [3.05, 3.63) is 71.7 Å². The Hall–Kier alpha value is -4.08. The number of nitrogens with one attached hydrogen (secondary N) is 2. The van der Waals surface area contributed by atoms with Crippen molar-refractivity contribution in [3.63, 3.8) is 0 Å². The Morgan fingerprint density at radius 1 is 1.14 bits per heavy atom. The van der Waals surface area contributed by atoms with Crippen LogP contribution in [-0.2, 0) is 28.6 Å². The molecule has 0 aromatic carbocycles. The molecule has 0 unspecified atom stereocenters. The summed E-state index contributed by atoms with van der Waals surface area (Å²) in [4.78, 5) is 48.5. The van der Waals surface area contributed by atoms with Crippen molar-refractivity contribution in [2.75, 3.05) is 7.11 Å². The van der Waals surface area contributed by atoms with Crippen LogP contribution in [0.2, 0.25) is 0 Å². The summed E-state index contributed by atoms with van der Waals surface area (Å²) >= 11 is 0. The number of carbonyl (C=O) groups is 4. The largest absolute Gasteiger partial charge is 0.490 e. The van der Waals surface area contributed by atoms with Gasteiger partial charge in [-0.2, -0.15) is 0 Å². The third-order valence-electron chi connectivity index (χ3n) is 6.27. The van der Waals surface area contributed by atoms with Gasteiger partial charge in [-0.25, -0.2) is 9.59 Å². The van der Waals surface area contributed by atoms with Gasteiger partial charge in [0.25, 0.3) is 0 Å². The molecule has 0 aromatic rings. The predicted octanol–water partition coefficient (Wildman–Crippen LogP) is 4.90. The van der Waals surface area contributed by atoms with E-state index in [1.54, 1.807) is 24.3 Å².